The second-order valence-electron chi connectivity index (χ2n) is 8.18. The van der Waals surface area contributed by atoms with Crippen molar-refractivity contribution in [3.63, 3.8) is 0 Å². The van der Waals surface area contributed by atoms with Gasteiger partial charge in [0.25, 0.3) is 9.84 Å². The molecule has 0 heterocycles. The quantitative estimate of drug-likeness (QED) is 0.362. The SMILES string of the molecule is CCCN(CC)CC[C@H](CSc1ccccc1)Cc1ccc(S(N)(=O)=O)cc1S(=O)(=O)C(F)(F)F. The van der Waals surface area contributed by atoms with Crippen LogP contribution in [-0.4, -0.2) is 52.6 Å². The molecule has 196 valence electrons. The van der Waals surface area contributed by atoms with Crippen molar-refractivity contribution >= 4 is 31.6 Å². The lowest BCUT2D eigenvalue weighted by atomic mass is 9.97. The molecule has 0 saturated carbocycles. The summed E-state index contributed by atoms with van der Waals surface area (Å²) in [4.78, 5) is 1.48. The van der Waals surface area contributed by atoms with Crippen LogP contribution in [0.4, 0.5) is 13.2 Å². The highest BCUT2D eigenvalue weighted by Gasteiger charge is 2.48. The van der Waals surface area contributed by atoms with Crippen LogP contribution in [0.2, 0.25) is 0 Å². The van der Waals surface area contributed by atoms with Gasteiger partial charge in [-0.3, -0.25) is 0 Å². The van der Waals surface area contributed by atoms with Crippen LogP contribution < -0.4 is 5.14 Å². The highest BCUT2D eigenvalue weighted by Crippen LogP contribution is 2.35. The van der Waals surface area contributed by atoms with Gasteiger partial charge in [-0.1, -0.05) is 38.1 Å². The fourth-order valence-corrected chi connectivity index (χ4v) is 6.36. The van der Waals surface area contributed by atoms with Gasteiger partial charge in [-0.25, -0.2) is 22.0 Å². The predicted molar refractivity (Wildman–Crippen MR) is 132 cm³/mol. The second-order valence-corrected chi connectivity index (χ2v) is 12.7. The van der Waals surface area contributed by atoms with Gasteiger partial charge in [0, 0.05) is 10.6 Å². The van der Waals surface area contributed by atoms with Crippen LogP contribution >= 0.6 is 11.8 Å². The third-order valence-electron chi connectivity index (χ3n) is 5.54. The number of sulfone groups is 1. The minimum Gasteiger partial charge on any atom is -0.304 e. The smallest absolute Gasteiger partial charge is 0.304 e. The van der Waals surface area contributed by atoms with Crippen LogP contribution in [0.15, 0.2) is 63.2 Å². The fraction of sp³-hybridized carbons (Fsp3) is 0.478. The topological polar surface area (TPSA) is 97.5 Å². The van der Waals surface area contributed by atoms with E-state index in [1.165, 1.54) is 0 Å². The molecule has 0 aromatic heterocycles. The number of primary sulfonamides is 1. The van der Waals surface area contributed by atoms with Gasteiger partial charge in [0.05, 0.1) is 9.79 Å². The monoisotopic (exact) mass is 552 g/mol. The summed E-state index contributed by atoms with van der Waals surface area (Å²) < 4.78 is 88.4. The molecule has 0 saturated heterocycles. The Hall–Kier alpha value is -1.60. The Morgan fingerprint density at radius 1 is 1.00 bits per heavy atom. The zero-order chi connectivity index (χ0) is 26.3. The summed E-state index contributed by atoms with van der Waals surface area (Å²) in [7, 11) is -10.2. The minimum atomic E-state index is -5.78. The summed E-state index contributed by atoms with van der Waals surface area (Å²) in [6, 6.07) is 12.2. The van der Waals surface area contributed by atoms with Gasteiger partial charge >= 0.3 is 5.51 Å². The van der Waals surface area contributed by atoms with Crippen molar-refractivity contribution in [3.05, 3.63) is 54.1 Å². The van der Waals surface area contributed by atoms with Crippen molar-refractivity contribution in [2.45, 2.75) is 53.3 Å². The molecule has 0 bridgehead atoms. The first kappa shape index (κ1) is 29.6. The van der Waals surface area contributed by atoms with E-state index in [-0.39, 0.29) is 17.9 Å². The Morgan fingerprint density at radius 3 is 2.20 bits per heavy atom. The van der Waals surface area contributed by atoms with Crippen LogP contribution in [0.25, 0.3) is 0 Å². The number of rotatable bonds is 13. The molecular formula is C23H31F3N2O4S3. The number of alkyl halides is 3. The first-order valence-corrected chi connectivity index (χ1v) is 15.2. The van der Waals surface area contributed by atoms with Gasteiger partial charge < -0.3 is 4.90 Å². The number of benzene rings is 2. The molecule has 2 aromatic carbocycles. The first-order chi connectivity index (χ1) is 16.3. The molecule has 0 amide bonds. The molecule has 2 N–H and O–H groups in total. The molecular weight excluding hydrogens is 521 g/mol. The van der Waals surface area contributed by atoms with Gasteiger partial charge in [-0.05, 0) is 74.6 Å². The van der Waals surface area contributed by atoms with Gasteiger partial charge in [-0.2, -0.15) is 13.2 Å². The lowest BCUT2D eigenvalue weighted by molar-refractivity contribution is -0.0436. The predicted octanol–water partition coefficient (Wildman–Crippen LogP) is 4.70. The van der Waals surface area contributed by atoms with Crippen molar-refractivity contribution in [1.82, 2.24) is 4.90 Å². The number of halogens is 3. The molecule has 0 aliphatic heterocycles. The van der Waals surface area contributed by atoms with Crippen molar-refractivity contribution in [3.8, 4) is 0 Å². The summed E-state index contributed by atoms with van der Waals surface area (Å²) in [5.41, 5.74) is -5.65. The van der Waals surface area contributed by atoms with E-state index < -0.39 is 35.2 Å². The molecule has 6 nitrogen and oxygen atoms in total. The molecule has 1 atom stereocenters. The van der Waals surface area contributed by atoms with E-state index >= 15 is 0 Å². The number of sulfonamides is 1. The highest BCUT2D eigenvalue weighted by atomic mass is 32.2. The van der Waals surface area contributed by atoms with E-state index in [4.69, 9.17) is 5.14 Å². The maximum Gasteiger partial charge on any atom is 0.501 e. The van der Waals surface area contributed by atoms with Gasteiger partial charge in [0.1, 0.15) is 0 Å². The third-order valence-corrected chi connectivity index (χ3v) is 9.26. The standard InChI is InChI=1S/C23H31F3N2O4S3/c1-3-13-28(4-2)14-12-18(17-33-20-8-6-5-7-9-20)15-19-10-11-21(35(27,31)32)16-22(19)34(29,30)23(24,25)26/h5-11,16,18H,3-4,12-15,17H2,1-2H3,(H2,27,31,32)/t18-/m0/s1. The van der Waals surface area contributed by atoms with Gasteiger partial charge in [-0.15, -0.1) is 11.8 Å². The molecule has 0 fully saturated rings. The largest absolute Gasteiger partial charge is 0.501 e. The summed E-state index contributed by atoms with van der Waals surface area (Å²) in [6.07, 6.45) is 1.63. The van der Waals surface area contributed by atoms with Crippen LogP contribution in [0.1, 0.15) is 32.3 Å². The number of hydrogen-bond donors (Lipinski definition) is 1. The minimum absolute atomic E-state index is 0.0407. The highest BCUT2D eigenvalue weighted by molar-refractivity contribution is 7.99. The Bertz CT molecular complexity index is 1170. The maximum atomic E-state index is 13.4. The van der Waals surface area contributed by atoms with E-state index in [1.807, 2.05) is 37.3 Å². The Labute approximate surface area is 210 Å². The van der Waals surface area contributed by atoms with E-state index in [9.17, 15) is 30.0 Å². The second kappa shape index (κ2) is 12.6. The zero-order valence-electron chi connectivity index (χ0n) is 19.7. The van der Waals surface area contributed by atoms with Crippen LogP contribution in [0, 0.1) is 5.92 Å². The Kier molecular flexibility index (Phi) is 10.6. The molecule has 0 radical (unpaired) electrons. The lowest BCUT2D eigenvalue weighted by Gasteiger charge is -2.24. The molecule has 12 heteroatoms. The normalized spacial score (nSPS) is 13.8. The first-order valence-electron chi connectivity index (χ1n) is 11.2. The number of nitrogens with two attached hydrogens (primary N) is 1. The maximum absolute atomic E-state index is 13.4. The molecule has 35 heavy (non-hydrogen) atoms. The number of thioether (sulfide) groups is 1. The van der Waals surface area contributed by atoms with Crippen LogP contribution in [0.5, 0.6) is 0 Å². The zero-order valence-corrected chi connectivity index (χ0v) is 22.1. The molecule has 0 unspecified atom stereocenters. The van der Waals surface area contributed by atoms with Gasteiger partial charge in [0.2, 0.25) is 10.0 Å². The lowest BCUT2D eigenvalue weighted by Crippen LogP contribution is -2.28. The van der Waals surface area contributed by atoms with Crippen LogP contribution in [0.3, 0.4) is 0 Å². The van der Waals surface area contributed by atoms with Crippen molar-refractivity contribution < 1.29 is 30.0 Å². The number of nitrogens with zero attached hydrogens (tertiary/aromatic N) is 1. The van der Waals surface area contributed by atoms with Crippen molar-refractivity contribution in [2.75, 3.05) is 25.4 Å². The third kappa shape index (κ3) is 8.49. The average Bonchev–Trinajstić information content (AvgIpc) is 2.79. The fourth-order valence-electron chi connectivity index (χ4n) is 3.65. The summed E-state index contributed by atoms with van der Waals surface area (Å²) in [5, 5.41) is 5.05. The van der Waals surface area contributed by atoms with E-state index in [0.717, 1.165) is 36.5 Å². The van der Waals surface area contributed by atoms with Crippen molar-refractivity contribution in [1.29, 1.82) is 0 Å². The summed E-state index contributed by atoms with van der Waals surface area (Å²) in [6.45, 7) is 6.51. The summed E-state index contributed by atoms with van der Waals surface area (Å²) >= 11 is 1.54. The van der Waals surface area contributed by atoms with Crippen molar-refractivity contribution in [2.24, 2.45) is 11.1 Å². The average molecular weight is 553 g/mol. The molecule has 2 aromatic rings. The van der Waals surface area contributed by atoms with Crippen LogP contribution in [-0.2, 0) is 26.3 Å². The van der Waals surface area contributed by atoms with Gasteiger partial charge in [0.15, 0.2) is 0 Å². The Morgan fingerprint density at radius 2 is 1.66 bits per heavy atom. The Balaban J connectivity index is 2.43. The molecule has 0 aliphatic carbocycles. The van der Waals surface area contributed by atoms with E-state index in [2.05, 4.69) is 11.8 Å². The van der Waals surface area contributed by atoms with E-state index in [0.29, 0.717) is 24.8 Å². The molecule has 0 spiro atoms. The molecule has 2 rings (SSSR count). The van der Waals surface area contributed by atoms with E-state index in [1.54, 1.807) is 11.8 Å². The number of hydrogen-bond acceptors (Lipinski definition) is 6. The molecule has 0 aliphatic rings. The summed E-state index contributed by atoms with van der Waals surface area (Å²) in [5.74, 6) is 0.393.